The van der Waals surface area contributed by atoms with Crippen LogP contribution in [-0.4, -0.2) is 30.6 Å². The average Bonchev–Trinajstić information content (AvgIpc) is 2.36. The van der Waals surface area contributed by atoms with Gasteiger partial charge in [-0.1, -0.05) is 25.1 Å². The predicted molar refractivity (Wildman–Crippen MR) is 77.4 cm³/mol. The van der Waals surface area contributed by atoms with Gasteiger partial charge in [0.15, 0.2) is 0 Å². The Balaban J connectivity index is 0.00000200. The highest BCUT2D eigenvalue weighted by molar-refractivity contribution is 5.85. The highest BCUT2D eigenvalue weighted by Crippen LogP contribution is 2.24. The number of alkyl halides is 2. The van der Waals surface area contributed by atoms with Crippen LogP contribution in [0, 0.1) is 5.92 Å². The van der Waals surface area contributed by atoms with Crippen molar-refractivity contribution in [2.24, 2.45) is 11.7 Å². The summed E-state index contributed by atoms with van der Waals surface area (Å²) in [4.78, 5) is 2.24. The summed E-state index contributed by atoms with van der Waals surface area (Å²) in [6.07, 6.45) is 0.943. The smallest absolute Gasteiger partial charge is 0.387 e. The lowest BCUT2D eigenvalue weighted by molar-refractivity contribution is -0.0508. The molecule has 2 unspecified atom stereocenters. The first-order valence-corrected chi connectivity index (χ1v) is 6.57. The summed E-state index contributed by atoms with van der Waals surface area (Å²) in [5, 5.41) is 0. The molecule has 1 aliphatic rings. The highest BCUT2D eigenvalue weighted by Gasteiger charge is 2.23. The normalized spacial score (nSPS) is 23.4. The van der Waals surface area contributed by atoms with Crippen LogP contribution in [-0.2, 0) is 6.54 Å². The van der Waals surface area contributed by atoms with Crippen molar-refractivity contribution < 1.29 is 13.5 Å². The van der Waals surface area contributed by atoms with Crippen molar-refractivity contribution in [2.75, 3.05) is 13.1 Å². The molecule has 1 saturated heterocycles. The van der Waals surface area contributed by atoms with Crippen LogP contribution in [0.2, 0.25) is 0 Å². The third kappa shape index (κ3) is 4.58. The van der Waals surface area contributed by atoms with Crippen molar-refractivity contribution in [3.63, 3.8) is 0 Å². The van der Waals surface area contributed by atoms with Gasteiger partial charge in [-0.15, -0.1) is 12.4 Å². The van der Waals surface area contributed by atoms with E-state index in [-0.39, 0.29) is 24.2 Å². The van der Waals surface area contributed by atoms with Crippen molar-refractivity contribution in [1.82, 2.24) is 4.90 Å². The van der Waals surface area contributed by atoms with Crippen LogP contribution < -0.4 is 10.5 Å². The highest BCUT2D eigenvalue weighted by atomic mass is 35.5. The van der Waals surface area contributed by atoms with E-state index < -0.39 is 6.61 Å². The number of benzene rings is 1. The van der Waals surface area contributed by atoms with E-state index in [0.717, 1.165) is 25.1 Å². The molecule has 3 nitrogen and oxygen atoms in total. The van der Waals surface area contributed by atoms with E-state index in [2.05, 4.69) is 16.6 Å². The molecule has 6 heteroatoms. The Morgan fingerprint density at radius 1 is 1.40 bits per heavy atom. The molecule has 0 bridgehead atoms. The molecule has 0 amide bonds. The number of hydrogen-bond donors (Lipinski definition) is 1. The number of piperidine rings is 1. The number of nitrogens with two attached hydrogens (primary N) is 1. The maximum atomic E-state index is 12.3. The molecule has 1 aromatic carbocycles. The Morgan fingerprint density at radius 3 is 2.75 bits per heavy atom. The van der Waals surface area contributed by atoms with Crippen molar-refractivity contribution >= 4 is 12.4 Å². The van der Waals surface area contributed by atoms with Gasteiger partial charge < -0.3 is 10.5 Å². The van der Waals surface area contributed by atoms with Crippen LogP contribution in [0.1, 0.15) is 18.9 Å². The lowest BCUT2D eigenvalue weighted by Gasteiger charge is -2.35. The topological polar surface area (TPSA) is 38.5 Å². The van der Waals surface area contributed by atoms with E-state index in [0.29, 0.717) is 12.5 Å². The average molecular weight is 307 g/mol. The first-order valence-electron chi connectivity index (χ1n) is 6.57. The van der Waals surface area contributed by atoms with Crippen molar-refractivity contribution in [1.29, 1.82) is 0 Å². The summed E-state index contributed by atoms with van der Waals surface area (Å²) in [5.41, 5.74) is 6.78. The van der Waals surface area contributed by atoms with E-state index in [4.69, 9.17) is 5.73 Å². The summed E-state index contributed by atoms with van der Waals surface area (Å²) >= 11 is 0. The SMILES string of the molecule is CC1CN(Cc2ccccc2OC(F)F)CCC1N.Cl. The molecule has 0 aliphatic carbocycles. The van der Waals surface area contributed by atoms with Crippen LogP contribution in [0.4, 0.5) is 8.78 Å². The minimum Gasteiger partial charge on any atom is -0.434 e. The molecule has 2 rings (SSSR count). The molecular formula is C14H21ClF2N2O. The van der Waals surface area contributed by atoms with Crippen LogP contribution in [0.15, 0.2) is 24.3 Å². The van der Waals surface area contributed by atoms with Gasteiger partial charge in [0.2, 0.25) is 0 Å². The molecule has 1 fully saturated rings. The number of rotatable bonds is 4. The van der Waals surface area contributed by atoms with Crippen molar-refractivity contribution in [2.45, 2.75) is 32.5 Å². The van der Waals surface area contributed by atoms with E-state index in [1.54, 1.807) is 12.1 Å². The largest absolute Gasteiger partial charge is 0.434 e. The van der Waals surface area contributed by atoms with E-state index in [1.165, 1.54) is 0 Å². The fourth-order valence-electron chi connectivity index (χ4n) is 2.48. The zero-order valence-electron chi connectivity index (χ0n) is 11.5. The first kappa shape index (κ1) is 17.1. The number of para-hydroxylation sites is 1. The van der Waals surface area contributed by atoms with Gasteiger partial charge in [-0.3, -0.25) is 4.90 Å². The van der Waals surface area contributed by atoms with Gasteiger partial charge in [-0.25, -0.2) is 0 Å². The van der Waals surface area contributed by atoms with Gasteiger partial charge in [0.05, 0.1) is 0 Å². The van der Waals surface area contributed by atoms with Gasteiger partial charge in [0.25, 0.3) is 0 Å². The third-order valence-electron chi connectivity index (χ3n) is 3.64. The maximum Gasteiger partial charge on any atom is 0.387 e. The molecule has 1 aromatic rings. The molecule has 2 atom stereocenters. The summed E-state index contributed by atoms with van der Waals surface area (Å²) in [5.74, 6) is 0.692. The summed E-state index contributed by atoms with van der Waals surface area (Å²) in [7, 11) is 0. The van der Waals surface area contributed by atoms with Crippen LogP contribution in [0.25, 0.3) is 0 Å². The molecular weight excluding hydrogens is 286 g/mol. The lowest BCUT2D eigenvalue weighted by Crippen LogP contribution is -2.45. The second kappa shape index (κ2) is 7.76. The number of hydrogen-bond acceptors (Lipinski definition) is 3. The number of ether oxygens (including phenoxy) is 1. The lowest BCUT2D eigenvalue weighted by atomic mass is 9.94. The zero-order valence-corrected chi connectivity index (χ0v) is 12.3. The molecule has 1 aliphatic heterocycles. The van der Waals surface area contributed by atoms with Crippen LogP contribution in [0.5, 0.6) is 5.75 Å². The number of likely N-dealkylation sites (tertiary alicyclic amines) is 1. The van der Waals surface area contributed by atoms with Crippen molar-refractivity contribution in [3.8, 4) is 5.75 Å². The predicted octanol–water partition coefficient (Wildman–Crippen LogP) is 2.88. The number of halogens is 3. The van der Waals surface area contributed by atoms with Gasteiger partial charge in [-0.2, -0.15) is 8.78 Å². The molecule has 0 aromatic heterocycles. The monoisotopic (exact) mass is 306 g/mol. The minimum atomic E-state index is -2.78. The molecule has 2 N–H and O–H groups in total. The summed E-state index contributed by atoms with van der Waals surface area (Å²) < 4.78 is 29.2. The van der Waals surface area contributed by atoms with Crippen LogP contribution in [0.3, 0.4) is 0 Å². The Hall–Kier alpha value is -0.910. The maximum absolute atomic E-state index is 12.3. The summed E-state index contributed by atoms with van der Waals surface area (Å²) in [6, 6.07) is 7.20. The Bertz CT molecular complexity index is 420. The molecule has 20 heavy (non-hydrogen) atoms. The second-order valence-electron chi connectivity index (χ2n) is 5.15. The van der Waals surface area contributed by atoms with Crippen molar-refractivity contribution in [3.05, 3.63) is 29.8 Å². The molecule has 114 valence electrons. The Morgan fingerprint density at radius 2 is 2.10 bits per heavy atom. The van der Waals surface area contributed by atoms with E-state index in [1.807, 2.05) is 12.1 Å². The quantitative estimate of drug-likeness (QED) is 0.929. The standard InChI is InChI=1S/C14H20F2N2O.ClH/c1-10-8-18(7-6-12(10)17)9-11-4-2-3-5-13(11)19-14(15)16;/h2-5,10,12,14H,6-9,17H2,1H3;1H. The third-order valence-corrected chi connectivity index (χ3v) is 3.64. The number of nitrogens with zero attached hydrogens (tertiary/aromatic N) is 1. The van der Waals surface area contributed by atoms with E-state index in [9.17, 15) is 8.78 Å². The Kier molecular flexibility index (Phi) is 6.65. The summed E-state index contributed by atoms with van der Waals surface area (Å²) in [6.45, 7) is 1.76. The van der Waals surface area contributed by atoms with E-state index >= 15 is 0 Å². The molecule has 0 saturated carbocycles. The molecule has 1 heterocycles. The fourth-order valence-corrected chi connectivity index (χ4v) is 2.48. The second-order valence-corrected chi connectivity index (χ2v) is 5.15. The minimum absolute atomic E-state index is 0. The Labute approximate surface area is 124 Å². The van der Waals surface area contributed by atoms with Gasteiger partial charge in [0, 0.05) is 24.7 Å². The molecule has 0 spiro atoms. The van der Waals surface area contributed by atoms with Crippen LogP contribution >= 0.6 is 12.4 Å². The van der Waals surface area contributed by atoms with Gasteiger partial charge in [-0.05, 0) is 24.9 Å². The molecule has 0 radical (unpaired) electrons. The zero-order chi connectivity index (χ0) is 13.8. The van der Waals surface area contributed by atoms with Gasteiger partial charge >= 0.3 is 6.61 Å². The fraction of sp³-hybridized carbons (Fsp3) is 0.571. The first-order chi connectivity index (χ1) is 9.06. The van der Waals surface area contributed by atoms with Gasteiger partial charge in [0.1, 0.15) is 5.75 Å².